The van der Waals surface area contributed by atoms with Crippen LogP contribution in [-0.4, -0.2) is 45.9 Å². The molecule has 1 atom stereocenters. The third-order valence-electron chi connectivity index (χ3n) is 3.33. The maximum absolute atomic E-state index is 12.1. The number of amides is 1. The van der Waals surface area contributed by atoms with Gasteiger partial charge >= 0.3 is 6.09 Å². The Morgan fingerprint density at radius 3 is 2.86 bits per heavy atom. The maximum atomic E-state index is 12.1. The van der Waals surface area contributed by atoms with Gasteiger partial charge in [0.15, 0.2) is 5.15 Å². The Morgan fingerprint density at radius 2 is 2.23 bits per heavy atom. The number of carbonyl (C=O) groups is 1. The van der Waals surface area contributed by atoms with E-state index >= 15 is 0 Å². The number of hydrogen-bond acceptors (Lipinski definition) is 5. The van der Waals surface area contributed by atoms with Crippen LogP contribution in [0.1, 0.15) is 39.3 Å². The summed E-state index contributed by atoms with van der Waals surface area (Å²) in [6.07, 6.45) is 1.74. The van der Waals surface area contributed by atoms with Gasteiger partial charge in [0, 0.05) is 25.7 Å². The fourth-order valence-electron chi connectivity index (χ4n) is 2.32. The van der Waals surface area contributed by atoms with Gasteiger partial charge in [-0.05, 0) is 45.7 Å². The molecule has 7 heteroatoms. The molecule has 0 saturated carbocycles. The molecule has 0 radical (unpaired) electrons. The minimum Gasteiger partial charge on any atom is -0.444 e. The number of halogens is 1. The largest absolute Gasteiger partial charge is 0.444 e. The lowest BCUT2D eigenvalue weighted by atomic mass is 10.1. The molecule has 2 heterocycles. The molecule has 1 saturated heterocycles. The Balaban J connectivity index is 1.82. The van der Waals surface area contributed by atoms with Crippen molar-refractivity contribution in [3.63, 3.8) is 0 Å². The van der Waals surface area contributed by atoms with Gasteiger partial charge in [-0.2, -0.15) is 5.10 Å². The van der Waals surface area contributed by atoms with Gasteiger partial charge in [-0.25, -0.2) is 4.79 Å². The summed E-state index contributed by atoms with van der Waals surface area (Å²) in [5, 5.41) is 11.6. The molecule has 2 rings (SSSR count). The van der Waals surface area contributed by atoms with Gasteiger partial charge in [0.25, 0.3) is 0 Å². The summed E-state index contributed by atoms with van der Waals surface area (Å²) in [6, 6.07) is 3.80. The number of nitrogens with one attached hydrogen (secondary N) is 1. The van der Waals surface area contributed by atoms with E-state index in [1.165, 1.54) is 0 Å². The van der Waals surface area contributed by atoms with Crippen LogP contribution in [0.3, 0.4) is 0 Å². The van der Waals surface area contributed by atoms with E-state index < -0.39 is 5.60 Å². The third-order valence-corrected chi connectivity index (χ3v) is 3.53. The fraction of sp³-hybridized carbons (Fsp3) is 0.667. The minimum atomic E-state index is -0.462. The van der Waals surface area contributed by atoms with Gasteiger partial charge in [0.1, 0.15) is 5.60 Å². The molecule has 122 valence electrons. The topological polar surface area (TPSA) is 67.3 Å². The van der Waals surface area contributed by atoms with Gasteiger partial charge < -0.3 is 15.0 Å². The molecule has 0 spiro atoms. The molecule has 1 aromatic rings. The molecule has 0 bridgehead atoms. The average Bonchev–Trinajstić information content (AvgIpc) is 2.45. The van der Waals surface area contributed by atoms with E-state index in [1.54, 1.807) is 11.0 Å². The molecule has 0 aliphatic carbocycles. The Kier molecular flexibility index (Phi) is 5.58. The second kappa shape index (κ2) is 7.24. The highest BCUT2D eigenvalue weighted by molar-refractivity contribution is 6.29. The molecule has 22 heavy (non-hydrogen) atoms. The summed E-state index contributed by atoms with van der Waals surface area (Å²) < 4.78 is 5.42. The molecule has 1 amide bonds. The lowest BCUT2D eigenvalue weighted by Gasteiger charge is -2.34. The fourth-order valence-corrected chi connectivity index (χ4v) is 2.42. The molecular formula is C15H23ClN4O2. The summed E-state index contributed by atoms with van der Waals surface area (Å²) >= 11 is 5.72. The third kappa shape index (κ3) is 5.42. The summed E-state index contributed by atoms with van der Waals surface area (Å²) in [6.45, 7) is 7.64. The SMILES string of the molecule is CC(C)(C)OC(=O)N1CCCC(NCc2ccc(Cl)nn2)C1. The second-order valence-electron chi connectivity index (χ2n) is 6.49. The molecule has 0 aromatic carbocycles. The first kappa shape index (κ1) is 17.0. The summed E-state index contributed by atoms with van der Waals surface area (Å²) in [7, 11) is 0. The average molecular weight is 327 g/mol. The van der Waals surface area contributed by atoms with Crippen LogP contribution in [0.15, 0.2) is 12.1 Å². The van der Waals surface area contributed by atoms with Crippen molar-refractivity contribution in [1.82, 2.24) is 20.4 Å². The van der Waals surface area contributed by atoms with Crippen LogP contribution in [0.25, 0.3) is 0 Å². The monoisotopic (exact) mass is 326 g/mol. The minimum absolute atomic E-state index is 0.235. The zero-order valence-electron chi connectivity index (χ0n) is 13.3. The number of ether oxygens (including phenoxy) is 1. The molecule has 1 aliphatic heterocycles. The second-order valence-corrected chi connectivity index (χ2v) is 6.88. The number of carbonyl (C=O) groups excluding carboxylic acids is 1. The number of rotatable bonds is 3. The van der Waals surface area contributed by atoms with E-state index in [0.717, 1.165) is 25.1 Å². The Bertz CT molecular complexity index is 501. The number of piperidine rings is 1. The van der Waals surface area contributed by atoms with E-state index in [9.17, 15) is 4.79 Å². The first-order chi connectivity index (χ1) is 10.3. The summed E-state index contributed by atoms with van der Waals surface area (Å²) in [5.41, 5.74) is 0.370. The highest BCUT2D eigenvalue weighted by Crippen LogP contribution is 2.15. The zero-order chi connectivity index (χ0) is 16.2. The van der Waals surface area contributed by atoms with Crippen LogP contribution in [0, 0.1) is 0 Å². The zero-order valence-corrected chi connectivity index (χ0v) is 14.1. The van der Waals surface area contributed by atoms with Crippen molar-refractivity contribution in [1.29, 1.82) is 0 Å². The smallest absolute Gasteiger partial charge is 0.410 e. The van der Waals surface area contributed by atoms with Gasteiger partial charge in [-0.3, -0.25) is 0 Å². The van der Waals surface area contributed by atoms with E-state index in [-0.39, 0.29) is 12.1 Å². The summed E-state index contributed by atoms with van der Waals surface area (Å²) in [4.78, 5) is 13.9. The number of hydrogen-bond donors (Lipinski definition) is 1. The number of likely N-dealkylation sites (tertiary alicyclic amines) is 1. The highest BCUT2D eigenvalue weighted by atomic mass is 35.5. The van der Waals surface area contributed by atoms with Crippen LogP contribution in [-0.2, 0) is 11.3 Å². The Morgan fingerprint density at radius 1 is 1.45 bits per heavy atom. The van der Waals surface area contributed by atoms with Crippen LogP contribution < -0.4 is 5.32 Å². The predicted molar refractivity (Wildman–Crippen MR) is 84.7 cm³/mol. The van der Waals surface area contributed by atoms with Crippen LogP contribution in [0.5, 0.6) is 0 Å². The van der Waals surface area contributed by atoms with Gasteiger partial charge in [-0.1, -0.05) is 11.6 Å². The lowest BCUT2D eigenvalue weighted by Crippen LogP contribution is -2.49. The Labute approximate surface area is 136 Å². The van der Waals surface area contributed by atoms with E-state index in [2.05, 4.69) is 15.5 Å². The van der Waals surface area contributed by atoms with E-state index in [0.29, 0.717) is 18.2 Å². The molecular weight excluding hydrogens is 304 g/mol. The van der Waals surface area contributed by atoms with Gasteiger partial charge in [0.05, 0.1) is 5.69 Å². The molecule has 1 N–H and O–H groups in total. The van der Waals surface area contributed by atoms with E-state index in [1.807, 2.05) is 26.8 Å². The van der Waals surface area contributed by atoms with Crippen molar-refractivity contribution in [2.24, 2.45) is 0 Å². The predicted octanol–water partition coefficient (Wildman–Crippen LogP) is 2.62. The summed E-state index contributed by atoms with van der Waals surface area (Å²) in [5.74, 6) is 0. The quantitative estimate of drug-likeness (QED) is 0.924. The van der Waals surface area contributed by atoms with Gasteiger partial charge in [0.2, 0.25) is 0 Å². The van der Waals surface area contributed by atoms with Crippen molar-refractivity contribution < 1.29 is 9.53 Å². The van der Waals surface area contributed by atoms with Crippen molar-refractivity contribution >= 4 is 17.7 Å². The van der Waals surface area contributed by atoms with Crippen molar-refractivity contribution in [3.8, 4) is 0 Å². The van der Waals surface area contributed by atoms with Crippen LogP contribution in [0.4, 0.5) is 4.79 Å². The standard InChI is InChI=1S/C15H23ClN4O2/c1-15(2,3)22-14(21)20-8-4-5-12(10-20)17-9-11-6-7-13(16)19-18-11/h6-7,12,17H,4-5,8-10H2,1-3H3. The van der Waals surface area contributed by atoms with Crippen LogP contribution >= 0.6 is 11.6 Å². The molecule has 1 aliphatic rings. The van der Waals surface area contributed by atoms with Gasteiger partial charge in [-0.15, -0.1) is 5.10 Å². The first-order valence-corrected chi connectivity index (χ1v) is 7.91. The van der Waals surface area contributed by atoms with Crippen molar-refractivity contribution in [2.45, 2.75) is 51.8 Å². The molecule has 1 unspecified atom stereocenters. The first-order valence-electron chi connectivity index (χ1n) is 7.53. The normalized spacial score (nSPS) is 19.1. The maximum Gasteiger partial charge on any atom is 0.410 e. The van der Waals surface area contributed by atoms with E-state index in [4.69, 9.17) is 16.3 Å². The Hall–Kier alpha value is -1.40. The molecule has 1 fully saturated rings. The number of aromatic nitrogens is 2. The highest BCUT2D eigenvalue weighted by Gasteiger charge is 2.27. The molecule has 1 aromatic heterocycles. The van der Waals surface area contributed by atoms with Crippen LogP contribution in [0.2, 0.25) is 5.15 Å². The molecule has 6 nitrogen and oxygen atoms in total. The van der Waals surface area contributed by atoms with Crippen molar-refractivity contribution in [2.75, 3.05) is 13.1 Å². The number of nitrogens with zero attached hydrogens (tertiary/aromatic N) is 3. The lowest BCUT2D eigenvalue weighted by molar-refractivity contribution is 0.0187. The van der Waals surface area contributed by atoms with Crippen molar-refractivity contribution in [3.05, 3.63) is 23.0 Å².